The summed E-state index contributed by atoms with van der Waals surface area (Å²) in [6.07, 6.45) is -0.267. The van der Waals surface area contributed by atoms with Crippen LogP contribution in [0.1, 0.15) is 34.8 Å². The van der Waals surface area contributed by atoms with E-state index in [-0.39, 0.29) is 18.0 Å². The van der Waals surface area contributed by atoms with Crippen LogP contribution in [0.3, 0.4) is 0 Å². The molecule has 1 atom stereocenters. The lowest BCUT2D eigenvalue weighted by Crippen LogP contribution is -2.49. The molecule has 1 aromatic carbocycles. The van der Waals surface area contributed by atoms with Gasteiger partial charge in [-0.15, -0.1) is 5.10 Å². The number of piperazine rings is 1. The van der Waals surface area contributed by atoms with Crippen molar-refractivity contribution in [2.45, 2.75) is 26.8 Å². The van der Waals surface area contributed by atoms with E-state index in [4.69, 9.17) is 4.74 Å². The Kier molecular flexibility index (Phi) is 5.42. The molecule has 1 N–H and O–H groups in total. The first-order valence-electron chi connectivity index (χ1n) is 9.75. The Morgan fingerprint density at radius 3 is 2.69 bits per heavy atom. The van der Waals surface area contributed by atoms with Gasteiger partial charge in [0.25, 0.3) is 0 Å². The number of aryl methyl sites for hydroxylation is 2. The predicted molar refractivity (Wildman–Crippen MR) is 110 cm³/mol. The number of rotatable bonds is 4. The van der Waals surface area contributed by atoms with Crippen molar-refractivity contribution in [3.05, 3.63) is 46.1 Å². The third kappa shape index (κ3) is 3.79. The van der Waals surface area contributed by atoms with E-state index in [1.165, 1.54) is 15.9 Å². The van der Waals surface area contributed by atoms with Gasteiger partial charge in [0.2, 0.25) is 10.8 Å². The molecule has 0 aliphatic carbocycles. The van der Waals surface area contributed by atoms with Crippen LogP contribution in [0.2, 0.25) is 0 Å². The number of carbonyl (C=O) groups excluding carboxylic acids is 1. The molecule has 1 unspecified atom stereocenters. The Bertz CT molecular complexity index is 1020. The van der Waals surface area contributed by atoms with Crippen LogP contribution in [-0.4, -0.2) is 68.4 Å². The van der Waals surface area contributed by atoms with Crippen LogP contribution in [0.5, 0.6) is 5.88 Å². The summed E-state index contributed by atoms with van der Waals surface area (Å²) in [5.41, 5.74) is 2.26. The number of benzene rings is 1. The SMILES string of the molecule is CCOC(=O)N1CCN(C(c2cccc(C)c2)c2sc3nc(C)nn3c2O)CC1. The van der Waals surface area contributed by atoms with Crippen LogP contribution >= 0.6 is 11.3 Å². The fourth-order valence-electron chi connectivity index (χ4n) is 3.77. The van der Waals surface area contributed by atoms with Crippen molar-refractivity contribution >= 4 is 22.4 Å². The Morgan fingerprint density at radius 1 is 1.28 bits per heavy atom. The van der Waals surface area contributed by atoms with Crippen molar-refractivity contribution in [1.29, 1.82) is 0 Å². The zero-order chi connectivity index (χ0) is 20.5. The monoisotopic (exact) mass is 415 g/mol. The van der Waals surface area contributed by atoms with Gasteiger partial charge < -0.3 is 14.7 Å². The number of hydrogen-bond acceptors (Lipinski definition) is 7. The Hall–Kier alpha value is -2.65. The van der Waals surface area contributed by atoms with Crippen LogP contribution in [0.4, 0.5) is 4.79 Å². The van der Waals surface area contributed by atoms with Gasteiger partial charge in [0, 0.05) is 26.2 Å². The lowest BCUT2D eigenvalue weighted by atomic mass is 10.0. The largest absolute Gasteiger partial charge is 0.492 e. The molecule has 1 aliphatic heterocycles. The maximum atomic E-state index is 12.1. The molecule has 29 heavy (non-hydrogen) atoms. The number of ether oxygens (including phenoxy) is 1. The standard InChI is InChI=1S/C20H25N5O3S/c1-4-28-20(27)24-10-8-23(9-11-24)16(15-7-5-6-13(2)12-15)17-18(26)25-19(29-17)21-14(3)22-25/h5-7,12,16,26H,4,8-11H2,1-3H3. The molecule has 1 fully saturated rings. The first kappa shape index (κ1) is 19.7. The van der Waals surface area contributed by atoms with Crippen molar-refractivity contribution in [2.24, 2.45) is 0 Å². The van der Waals surface area contributed by atoms with Crippen LogP contribution < -0.4 is 0 Å². The molecule has 1 aliphatic rings. The summed E-state index contributed by atoms with van der Waals surface area (Å²) in [5, 5.41) is 15.2. The Labute approximate surface area is 173 Å². The first-order valence-corrected chi connectivity index (χ1v) is 10.6. The smallest absolute Gasteiger partial charge is 0.409 e. The number of hydrogen-bond donors (Lipinski definition) is 1. The number of aromatic nitrogens is 3. The van der Waals surface area contributed by atoms with E-state index < -0.39 is 0 Å². The van der Waals surface area contributed by atoms with Gasteiger partial charge in [-0.3, -0.25) is 4.90 Å². The van der Waals surface area contributed by atoms with Gasteiger partial charge in [-0.25, -0.2) is 9.78 Å². The van der Waals surface area contributed by atoms with Crippen LogP contribution in [0.25, 0.3) is 4.96 Å². The van der Waals surface area contributed by atoms with E-state index >= 15 is 0 Å². The van der Waals surface area contributed by atoms with Gasteiger partial charge in [-0.2, -0.15) is 4.52 Å². The van der Waals surface area contributed by atoms with E-state index in [2.05, 4.69) is 40.1 Å². The van der Waals surface area contributed by atoms with Crippen molar-refractivity contribution in [2.75, 3.05) is 32.8 Å². The van der Waals surface area contributed by atoms with Gasteiger partial charge in [-0.1, -0.05) is 41.2 Å². The summed E-state index contributed by atoms with van der Waals surface area (Å²) in [4.78, 5) is 22.0. The minimum Gasteiger partial charge on any atom is -0.492 e. The summed E-state index contributed by atoms with van der Waals surface area (Å²) in [5.74, 6) is 0.762. The number of carbonyl (C=O) groups is 1. The first-order chi connectivity index (χ1) is 14.0. The molecule has 0 saturated carbocycles. The van der Waals surface area contributed by atoms with Crippen LogP contribution in [-0.2, 0) is 4.74 Å². The summed E-state index contributed by atoms with van der Waals surface area (Å²) in [7, 11) is 0. The highest BCUT2D eigenvalue weighted by atomic mass is 32.1. The summed E-state index contributed by atoms with van der Waals surface area (Å²) in [6.45, 7) is 8.60. The molecular formula is C20H25N5O3S. The lowest BCUT2D eigenvalue weighted by molar-refractivity contribution is 0.0715. The third-order valence-electron chi connectivity index (χ3n) is 5.12. The lowest BCUT2D eigenvalue weighted by Gasteiger charge is -2.38. The van der Waals surface area contributed by atoms with E-state index in [1.54, 1.807) is 4.90 Å². The van der Waals surface area contributed by atoms with Crippen molar-refractivity contribution in [3.63, 3.8) is 0 Å². The quantitative estimate of drug-likeness (QED) is 0.705. The summed E-state index contributed by atoms with van der Waals surface area (Å²) >= 11 is 1.45. The predicted octanol–water partition coefficient (Wildman–Crippen LogP) is 2.98. The van der Waals surface area contributed by atoms with Crippen LogP contribution in [0.15, 0.2) is 24.3 Å². The molecule has 0 radical (unpaired) electrons. The van der Waals surface area contributed by atoms with E-state index in [0.717, 1.165) is 16.0 Å². The van der Waals surface area contributed by atoms with Gasteiger partial charge in [-0.05, 0) is 26.3 Å². The molecule has 3 aromatic rings. The van der Waals surface area contributed by atoms with Crippen molar-refractivity contribution in [1.82, 2.24) is 24.4 Å². The molecule has 1 amide bonds. The maximum absolute atomic E-state index is 12.1. The number of amides is 1. The molecule has 8 nitrogen and oxygen atoms in total. The Morgan fingerprint density at radius 2 is 2.03 bits per heavy atom. The van der Waals surface area contributed by atoms with Crippen molar-refractivity contribution in [3.8, 4) is 5.88 Å². The zero-order valence-corrected chi connectivity index (χ0v) is 17.6. The normalized spacial score (nSPS) is 16.3. The Balaban J connectivity index is 1.67. The molecule has 9 heteroatoms. The van der Waals surface area contributed by atoms with Gasteiger partial charge >= 0.3 is 6.09 Å². The number of fused-ring (bicyclic) bond motifs is 1. The maximum Gasteiger partial charge on any atom is 0.409 e. The summed E-state index contributed by atoms with van der Waals surface area (Å²) < 4.78 is 6.64. The molecular weight excluding hydrogens is 390 g/mol. The van der Waals surface area contributed by atoms with Gasteiger partial charge in [0.15, 0.2) is 0 Å². The minimum atomic E-state index is -0.267. The second kappa shape index (κ2) is 8.00. The second-order valence-corrected chi connectivity index (χ2v) is 8.19. The number of aromatic hydroxyl groups is 1. The average Bonchev–Trinajstić information content (AvgIpc) is 3.20. The van der Waals surface area contributed by atoms with E-state index in [9.17, 15) is 9.90 Å². The fraction of sp³-hybridized carbons (Fsp3) is 0.450. The topological polar surface area (TPSA) is 83.2 Å². The molecule has 0 bridgehead atoms. The molecule has 3 heterocycles. The molecule has 154 valence electrons. The molecule has 0 spiro atoms. The van der Waals surface area contributed by atoms with Gasteiger partial charge in [0.1, 0.15) is 5.82 Å². The average molecular weight is 416 g/mol. The zero-order valence-electron chi connectivity index (χ0n) is 16.8. The highest BCUT2D eigenvalue weighted by molar-refractivity contribution is 7.17. The molecule has 4 rings (SSSR count). The number of thiazole rings is 1. The van der Waals surface area contributed by atoms with Crippen molar-refractivity contribution < 1.29 is 14.6 Å². The van der Waals surface area contributed by atoms with Crippen LogP contribution in [0, 0.1) is 13.8 Å². The second-order valence-electron chi connectivity index (χ2n) is 7.18. The third-order valence-corrected chi connectivity index (χ3v) is 6.19. The fourth-order valence-corrected chi connectivity index (χ4v) is 4.93. The van der Waals surface area contributed by atoms with E-state index in [1.807, 2.05) is 19.9 Å². The van der Waals surface area contributed by atoms with E-state index in [0.29, 0.717) is 43.6 Å². The highest BCUT2D eigenvalue weighted by Gasteiger charge is 2.32. The van der Waals surface area contributed by atoms with Gasteiger partial charge in [0.05, 0.1) is 17.5 Å². The minimum absolute atomic E-state index is 0.130. The number of nitrogens with zero attached hydrogens (tertiary/aromatic N) is 5. The molecule has 1 saturated heterocycles. The summed E-state index contributed by atoms with van der Waals surface area (Å²) in [6, 6.07) is 8.18. The molecule has 2 aromatic heterocycles. The highest BCUT2D eigenvalue weighted by Crippen LogP contribution is 2.40.